The molecule has 3 aromatic carbocycles. The van der Waals surface area contributed by atoms with E-state index in [1.165, 1.54) is 19.9 Å². The normalized spacial score (nSPS) is 11.7. The third kappa shape index (κ3) is 4.59. The van der Waals surface area contributed by atoms with Crippen molar-refractivity contribution in [3.8, 4) is 22.4 Å². The largest absolute Gasteiger partial charge is 0.512 e. The molecular weight excluding hydrogens is 579 g/mol. The summed E-state index contributed by atoms with van der Waals surface area (Å²) in [5.74, 6) is 0.0413. The van der Waals surface area contributed by atoms with E-state index in [1.807, 2.05) is 60.7 Å². The maximum atomic E-state index is 12.7. The van der Waals surface area contributed by atoms with Gasteiger partial charge in [-0.05, 0) is 53.6 Å². The molecule has 0 bridgehead atoms. The third-order valence-corrected chi connectivity index (χ3v) is 4.99. The predicted molar refractivity (Wildman–Crippen MR) is 122 cm³/mol. The summed E-state index contributed by atoms with van der Waals surface area (Å²) in [5, 5.41) is 10.4. The van der Waals surface area contributed by atoms with Gasteiger partial charge in [-0.3, -0.25) is 9.59 Å². The van der Waals surface area contributed by atoms with Gasteiger partial charge in [0.1, 0.15) is 0 Å². The molecule has 5 rings (SSSR count). The van der Waals surface area contributed by atoms with Crippen molar-refractivity contribution >= 4 is 22.3 Å². The number of aliphatic hydroxyl groups excluding tert-OH is 1. The number of ketones is 2. The SMILES string of the molecule is CC(=O)/C=C(/C)O.O=C1c2ccccc2-c2cc3c(-c4[c-]cccc4)nccc3cc21.[Ir]. The molecule has 0 unspecified atom stereocenters. The van der Waals surface area contributed by atoms with Crippen LogP contribution >= 0.6 is 0 Å². The number of carbonyl (C=O) groups excluding carboxylic acids is 2. The summed E-state index contributed by atoms with van der Waals surface area (Å²) < 4.78 is 0. The van der Waals surface area contributed by atoms with Gasteiger partial charge in [0.2, 0.25) is 0 Å². The molecule has 1 radical (unpaired) electrons. The number of hydrogen-bond acceptors (Lipinski definition) is 4. The van der Waals surface area contributed by atoms with Crippen LogP contribution in [0.2, 0.25) is 0 Å². The number of allylic oxidation sites excluding steroid dienone is 2. The number of hydrogen-bond donors (Lipinski definition) is 1. The van der Waals surface area contributed by atoms with Crippen molar-refractivity contribution in [2.24, 2.45) is 0 Å². The van der Waals surface area contributed by atoms with Gasteiger partial charge in [-0.25, -0.2) is 0 Å². The van der Waals surface area contributed by atoms with Gasteiger partial charge in [0.25, 0.3) is 0 Å². The zero-order valence-corrected chi connectivity index (χ0v) is 19.9. The van der Waals surface area contributed by atoms with E-state index >= 15 is 0 Å². The molecule has 0 fully saturated rings. The monoisotopic (exact) mass is 599 g/mol. The molecule has 1 aliphatic carbocycles. The second-order valence-electron chi connectivity index (χ2n) is 7.33. The van der Waals surface area contributed by atoms with Crippen LogP contribution in [0.3, 0.4) is 0 Å². The number of nitrogens with zero attached hydrogens (tertiary/aromatic N) is 1. The van der Waals surface area contributed by atoms with E-state index in [0.29, 0.717) is 0 Å². The summed E-state index contributed by atoms with van der Waals surface area (Å²) in [7, 11) is 0. The fourth-order valence-electron chi connectivity index (χ4n) is 3.74. The average Bonchev–Trinajstić information content (AvgIpc) is 3.04. The molecule has 1 aromatic heterocycles. The van der Waals surface area contributed by atoms with Crippen LogP contribution in [0, 0.1) is 6.07 Å². The first-order valence-corrected chi connectivity index (χ1v) is 9.87. The van der Waals surface area contributed by atoms with Gasteiger partial charge < -0.3 is 10.1 Å². The molecule has 4 aromatic rings. The molecule has 5 heteroatoms. The molecule has 4 nitrogen and oxygen atoms in total. The number of fused-ring (bicyclic) bond motifs is 4. The van der Waals surface area contributed by atoms with E-state index in [1.54, 1.807) is 6.20 Å². The van der Waals surface area contributed by atoms with Gasteiger partial charge >= 0.3 is 0 Å². The van der Waals surface area contributed by atoms with Crippen molar-refractivity contribution < 1.29 is 34.8 Å². The average molecular weight is 599 g/mol. The number of rotatable bonds is 2. The molecule has 1 aliphatic rings. The van der Waals surface area contributed by atoms with Crippen LogP contribution in [0.4, 0.5) is 0 Å². The Kier molecular flexibility index (Phi) is 7.14. The van der Waals surface area contributed by atoms with Gasteiger partial charge in [0.05, 0.1) is 5.76 Å². The Morgan fingerprint density at radius 3 is 2.28 bits per heavy atom. The zero-order chi connectivity index (χ0) is 22.0. The first-order valence-electron chi connectivity index (χ1n) is 9.87. The molecule has 1 N–H and O–H groups in total. The van der Waals surface area contributed by atoms with Crippen LogP contribution in [0.5, 0.6) is 0 Å². The number of aliphatic hydroxyl groups is 1. The minimum atomic E-state index is -0.125. The van der Waals surface area contributed by atoms with Crippen LogP contribution in [0.15, 0.2) is 84.8 Å². The number of aromatic nitrogens is 1. The Balaban J connectivity index is 0.000000318. The number of benzene rings is 3. The summed E-state index contributed by atoms with van der Waals surface area (Å²) in [4.78, 5) is 27.2. The number of pyridine rings is 1. The third-order valence-electron chi connectivity index (χ3n) is 4.99. The molecule has 1 heterocycles. The summed E-state index contributed by atoms with van der Waals surface area (Å²) in [6.07, 6.45) is 2.96. The quantitative estimate of drug-likeness (QED) is 0.155. The molecular formula is C27H20IrNO3-. The van der Waals surface area contributed by atoms with E-state index in [4.69, 9.17) is 5.11 Å². The molecule has 0 saturated carbocycles. The summed E-state index contributed by atoms with van der Waals surface area (Å²) in [5.41, 5.74) is 5.41. The Labute approximate surface area is 200 Å². The molecule has 0 amide bonds. The van der Waals surface area contributed by atoms with Gasteiger partial charge in [-0.15, -0.1) is 35.9 Å². The molecule has 0 saturated heterocycles. The summed E-state index contributed by atoms with van der Waals surface area (Å²) >= 11 is 0. The van der Waals surface area contributed by atoms with E-state index < -0.39 is 0 Å². The van der Waals surface area contributed by atoms with Crippen molar-refractivity contribution in [3.05, 3.63) is 102 Å². The summed E-state index contributed by atoms with van der Waals surface area (Å²) in [6.45, 7) is 2.85. The van der Waals surface area contributed by atoms with Crippen molar-refractivity contribution in [3.63, 3.8) is 0 Å². The van der Waals surface area contributed by atoms with Gasteiger partial charge in [0.15, 0.2) is 11.6 Å². The second-order valence-corrected chi connectivity index (χ2v) is 7.33. The van der Waals surface area contributed by atoms with Crippen molar-refractivity contribution in [2.75, 3.05) is 0 Å². The zero-order valence-electron chi connectivity index (χ0n) is 17.5. The fourth-order valence-corrected chi connectivity index (χ4v) is 3.74. The number of carbonyl (C=O) groups is 2. The standard InChI is InChI=1S/C22H12NO.C5H8O2.Ir/c24-22-17-9-5-4-8-16(17)19-13-18-15(12-20(19)22)10-11-23-21(18)14-6-2-1-3-7-14;1-4(6)3-5(2)7;/h1-6,8-13H;3,6H,1-2H3;/q-1;;/b;4-3-;. The van der Waals surface area contributed by atoms with Crippen molar-refractivity contribution in [1.29, 1.82) is 0 Å². The van der Waals surface area contributed by atoms with E-state index in [0.717, 1.165) is 44.3 Å². The van der Waals surface area contributed by atoms with E-state index in [9.17, 15) is 9.59 Å². The van der Waals surface area contributed by atoms with Crippen LogP contribution in [0.1, 0.15) is 29.8 Å². The van der Waals surface area contributed by atoms with Crippen molar-refractivity contribution in [1.82, 2.24) is 4.98 Å². The van der Waals surface area contributed by atoms with Gasteiger partial charge in [-0.1, -0.05) is 30.3 Å². The van der Waals surface area contributed by atoms with Gasteiger partial charge in [0, 0.05) is 43.5 Å². The minimum Gasteiger partial charge on any atom is -0.512 e. The Morgan fingerprint density at radius 1 is 0.938 bits per heavy atom. The van der Waals surface area contributed by atoms with E-state index in [-0.39, 0.29) is 37.4 Å². The molecule has 0 aliphatic heterocycles. The first-order chi connectivity index (χ1) is 15.0. The Hall–Kier alpha value is -3.40. The predicted octanol–water partition coefficient (Wildman–Crippen LogP) is 5.95. The first kappa shape index (κ1) is 23.3. The van der Waals surface area contributed by atoms with Crippen LogP contribution < -0.4 is 0 Å². The Bertz CT molecular complexity index is 1340. The molecule has 0 spiro atoms. The maximum Gasteiger partial charge on any atom is 0.194 e. The molecule has 161 valence electrons. The molecule has 32 heavy (non-hydrogen) atoms. The fraction of sp³-hybridized carbons (Fsp3) is 0.0741. The van der Waals surface area contributed by atoms with E-state index in [2.05, 4.69) is 17.1 Å². The van der Waals surface area contributed by atoms with Crippen LogP contribution in [-0.4, -0.2) is 21.7 Å². The second kappa shape index (κ2) is 9.82. The van der Waals surface area contributed by atoms with Crippen LogP contribution in [-0.2, 0) is 24.9 Å². The minimum absolute atomic E-state index is 0. The summed E-state index contributed by atoms with van der Waals surface area (Å²) in [6, 6.07) is 24.9. The molecule has 0 atom stereocenters. The smallest absolute Gasteiger partial charge is 0.194 e. The topological polar surface area (TPSA) is 67.3 Å². The maximum absolute atomic E-state index is 12.7. The van der Waals surface area contributed by atoms with Crippen LogP contribution in [0.25, 0.3) is 33.2 Å². The van der Waals surface area contributed by atoms with Crippen molar-refractivity contribution in [2.45, 2.75) is 13.8 Å². The Morgan fingerprint density at radius 2 is 1.66 bits per heavy atom. The van der Waals surface area contributed by atoms with Gasteiger partial charge in [-0.2, -0.15) is 0 Å².